The predicted octanol–water partition coefficient (Wildman–Crippen LogP) is 4.01. The lowest BCUT2D eigenvalue weighted by Gasteiger charge is -2.19. The van der Waals surface area contributed by atoms with Gasteiger partial charge < -0.3 is 9.15 Å². The number of amides is 1. The molecule has 4 rings (SSSR count). The number of benzene rings is 1. The Labute approximate surface area is 163 Å². The monoisotopic (exact) mass is 397 g/mol. The zero-order valence-corrected chi connectivity index (χ0v) is 15.4. The highest BCUT2D eigenvalue weighted by molar-refractivity contribution is 7.12. The van der Waals surface area contributed by atoms with Crippen LogP contribution in [0.3, 0.4) is 0 Å². The largest absolute Gasteiger partial charge is 0.477 e. The van der Waals surface area contributed by atoms with E-state index in [2.05, 4.69) is 5.10 Å². The number of para-hydroxylation sites is 2. The van der Waals surface area contributed by atoms with Crippen molar-refractivity contribution < 1.29 is 18.9 Å². The topological polar surface area (TPSA) is 98.2 Å². The van der Waals surface area contributed by atoms with E-state index < -0.39 is 10.8 Å². The zero-order valence-electron chi connectivity index (χ0n) is 14.6. The van der Waals surface area contributed by atoms with Gasteiger partial charge in [-0.3, -0.25) is 14.9 Å². The average molecular weight is 397 g/mol. The van der Waals surface area contributed by atoms with E-state index >= 15 is 0 Å². The van der Waals surface area contributed by atoms with Crippen LogP contribution in [0.25, 0.3) is 0 Å². The number of nitro groups is 1. The van der Waals surface area contributed by atoms with E-state index in [0.717, 1.165) is 10.6 Å². The van der Waals surface area contributed by atoms with Crippen molar-refractivity contribution in [2.75, 3.05) is 6.61 Å². The molecule has 1 aliphatic rings. The van der Waals surface area contributed by atoms with Crippen LogP contribution in [0.1, 0.15) is 23.1 Å². The van der Waals surface area contributed by atoms with Crippen molar-refractivity contribution in [1.82, 2.24) is 5.01 Å². The summed E-state index contributed by atoms with van der Waals surface area (Å²) in [6, 6.07) is 13.0. The summed E-state index contributed by atoms with van der Waals surface area (Å²) in [5.74, 6) is 0.248. The molecule has 0 fully saturated rings. The second-order valence-corrected chi connectivity index (χ2v) is 6.96. The van der Waals surface area contributed by atoms with Crippen LogP contribution in [-0.4, -0.2) is 28.2 Å². The second-order valence-electron chi connectivity index (χ2n) is 6.01. The van der Waals surface area contributed by atoms with Crippen LogP contribution < -0.4 is 4.74 Å². The summed E-state index contributed by atoms with van der Waals surface area (Å²) in [5, 5.41) is 18.9. The fourth-order valence-electron chi connectivity index (χ4n) is 2.97. The Morgan fingerprint density at radius 2 is 2.14 bits per heavy atom. The first-order valence-corrected chi connectivity index (χ1v) is 9.34. The number of carbonyl (C=O) groups is 1. The van der Waals surface area contributed by atoms with Gasteiger partial charge in [0.05, 0.1) is 21.8 Å². The summed E-state index contributed by atoms with van der Waals surface area (Å²) in [4.78, 5) is 24.3. The van der Waals surface area contributed by atoms with E-state index in [4.69, 9.17) is 9.15 Å². The Bertz CT molecular complexity index is 1010. The van der Waals surface area contributed by atoms with E-state index in [1.807, 2.05) is 17.5 Å². The summed E-state index contributed by atoms with van der Waals surface area (Å²) in [5.41, 5.74) is 0.595. The summed E-state index contributed by atoms with van der Waals surface area (Å²) in [7, 11) is 0. The maximum Gasteiger partial charge on any atom is 0.310 e. The van der Waals surface area contributed by atoms with Crippen LogP contribution in [0.5, 0.6) is 5.75 Å². The molecule has 28 heavy (non-hydrogen) atoms. The number of rotatable bonds is 6. The molecule has 1 aliphatic heterocycles. The molecular formula is C19H15N3O5S. The van der Waals surface area contributed by atoms with E-state index in [1.165, 1.54) is 23.2 Å². The molecule has 1 atom stereocenters. The van der Waals surface area contributed by atoms with Crippen LogP contribution in [-0.2, 0) is 4.79 Å². The summed E-state index contributed by atoms with van der Waals surface area (Å²) < 4.78 is 10.9. The summed E-state index contributed by atoms with van der Waals surface area (Å²) >= 11 is 1.54. The maximum atomic E-state index is 12.8. The highest BCUT2D eigenvalue weighted by atomic mass is 32.1. The molecule has 1 aromatic carbocycles. The third-order valence-electron chi connectivity index (χ3n) is 4.26. The van der Waals surface area contributed by atoms with Gasteiger partial charge in [0.15, 0.2) is 12.4 Å². The van der Waals surface area contributed by atoms with Gasteiger partial charge in [-0.25, -0.2) is 5.01 Å². The minimum Gasteiger partial charge on any atom is -0.477 e. The number of nitrogens with zero attached hydrogens (tertiary/aromatic N) is 3. The first-order chi connectivity index (χ1) is 13.6. The molecule has 9 heteroatoms. The van der Waals surface area contributed by atoms with Crippen LogP contribution in [0.15, 0.2) is 69.7 Å². The van der Waals surface area contributed by atoms with Gasteiger partial charge in [0, 0.05) is 12.5 Å². The number of ether oxygens (including phenoxy) is 1. The molecule has 1 amide bonds. The highest BCUT2D eigenvalue weighted by Gasteiger charge is 2.35. The standard InChI is InChI=1S/C19H15N3O5S/c23-19(12-27-16-6-2-1-5-14(16)22(24)25)21-15(17-7-3-9-26-17)11-13(20-21)18-8-4-10-28-18/h1-10,15H,11-12H2. The lowest BCUT2D eigenvalue weighted by molar-refractivity contribution is -0.385. The number of thiophene rings is 1. The van der Waals surface area contributed by atoms with Crippen molar-refractivity contribution in [3.8, 4) is 5.75 Å². The average Bonchev–Trinajstić information content (AvgIpc) is 3.46. The number of hydrogen-bond acceptors (Lipinski definition) is 7. The molecular weight excluding hydrogens is 382 g/mol. The van der Waals surface area contributed by atoms with Crippen LogP contribution >= 0.6 is 11.3 Å². The summed E-state index contributed by atoms with van der Waals surface area (Å²) in [6.07, 6.45) is 2.07. The SMILES string of the molecule is O=C(COc1ccccc1[N+](=O)[O-])N1N=C(c2cccs2)CC1c1ccco1. The van der Waals surface area contributed by atoms with Gasteiger partial charge in [-0.2, -0.15) is 5.10 Å². The molecule has 0 saturated heterocycles. The molecule has 8 nitrogen and oxygen atoms in total. The van der Waals surface area contributed by atoms with Crippen LogP contribution in [0.2, 0.25) is 0 Å². The van der Waals surface area contributed by atoms with Gasteiger partial charge >= 0.3 is 5.69 Å². The Morgan fingerprint density at radius 3 is 2.86 bits per heavy atom. The number of hydrogen-bond donors (Lipinski definition) is 0. The molecule has 1 unspecified atom stereocenters. The second kappa shape index (κ2) is 7.65. The normalized spacial score (nSPS) is 16.1. The molecule has 0 aliphatic carbocycles. The van der Waals surface area contributed by atoms with Gasteiger partial charge in [0.2, 0.25) is 0 Å². The first-order valence-electron chi connectivity index (χ1n) is 8.46. The number of nitro benzene ring substituents is 1. The molecule has 0 bridgehead atoms. The van der Waals surface area contributed by atoms with Gasteiger partial charge in [-0.1, -0.05) is 18.2 Å². The van der Waals surface area contributed by atoms with E-state index in [9.17, 15) is 14.9 Å². The molecule has 0 spiro atoms. The fourth-order valence-corrected chi connectivity index (χ4v) is 3.69. The van der Waals surface area contributed by atoms with Crippen molar-refractivity contribution in [2.24, 2.45) is 5.10 Å². The van der Waals surface area contributed by atoms with Gasteiger partial charge in [0.25, 0.3) is 5.91 Å². The Kier molecular flexibility index (Phi) is 4.90. The Hall–Kier alpha value is -3.46. The molecule has 142 valence electrons. The molecule has 0 radical (unpaired) electrons. The minimum absolute atomic E-state index is 0.0389. The van der Waals surface area contributed by atoms with Gasteiger partial charge in [-0.05, 0) is 29.6 Å². The Balaban J connectivity index is 1.55. The lowest BCUT2D eigenvalue weighted by atomic mass is 10.1. The molecule has 3 aromatic rings. The predicted molar refractivity (Wildman–Crippen MR) is 102 cm³/mol. The Morgan fingerprint density at radius 1 is 1.29 bits per heavy atom. The lowest BCUT2D eigenvalue weighted by Crippen LogP contribution is -2.31. The molecule has 2 aromatic heterocycles. The smallest absolute Gasteiger partial charge is 0.310 e. The third-order valence-corrected chi connectivity index (χ3v) is 5.18. The first kappa shape index (κ1) is 17.9. The van der Waals surface area contributed by atoms with E-state index in [-0.39, 0.29) is 24.1 Å². The zero-order chi connectivity index (χ0) is 19.5. The molecule has 0 N–H and O–H groups in total. The fraction of sp³-hybridized carbons (Fsp3) is 0.158. The number of carbonyl (C=O) groups excluding carboxylic acids is 1. The maximum absolute atomic E-state index is 12.8. The third kappa shape index (κ3) is 3.52. The van der Waals surface area contributed by atoms with Crippen molar-refractivity contribution in [2.45, 2.75) is 12.5 Å². The number of hydrazone groups is 1. The van der Waals surface area contributed by atoms with Crippen molar-refractivity contribution in [3.05, 3.63) is 80.9 Å². The van der Waals surface area contributed by atoms with Crippen LogP contribution in [0, 0.1) is 10.1 Å². The van der Waals surface area contributed by atoms with Gasteiger partial charge in [0.1, 0.15) is 11.8 Å². The van der Waals surface area contributed by atoms with Crippen molar-refractivity contribution >= 4 is 28.6 Å². The van der Waals surface area contributed by atoms with Crippen molar-refractivity contribution in [1.29, 1.82) is 0 Å². The molecule has 0 saturated carbocycles. The molecule has 3 heterocycles. The number of furan rings is 1. The van der Waals surface area contributed by atoms with E-state index in [0.29, 0.717) is 12.2 Å². The van der Waals surface area contributed by atoms with Crippen LogP contribution in [0.4, 0.5) is 5.69 Å². The highest BCUT2D eigenvalue weighted by Crippen LogP contribution is 2.34. The quantitative estimate of drug-likeness (QED) is 0.462. The van der Waals surface area contributed by atoms with E-state index in [1.54, 1.807) is 35.8 Å². The summed E-state index contributed by atoms with van der Waals surface area (Å²) in [6.45, 7) is -0.372. The van der Waals surface area contributed by atoms with Crippen molar-refractivity contribution in [3.63, 3.8) is 0 Å². The van der Waals surface area contributed by atoms with Gasteiger partial charge in [-0.15, -0.1) is 11.3 Å². The minimum atomic E-state index is -0.547.